The monoisotopic (exact) mass is 488 g/mol. The van der Waals surface area contributed by atoms with Gasteiger partial charge in [0.15, 0.2) is 8.32 Å². The number of halogens is 9. The Labute approximate surface area is 158 Å². The van der Waals surface area contributed by atoms with E-state index in [2.05, 4.69) is 13.3 Å². The van der Waals surface area contributed by atoms with E-state index in [0.29, 0.717) is 0 Å². The van der Waals surface area contributed by atoms with Gasteiger partial charge in [-0.3, -0.25) is 0 Å². The molecule has 1 unspecified atom stereocenters. The first kappa shape index (κ1) is 27.8. The first-order valence-electron chi connectivity index (χ1n) is 7.35. The van der Waals surface area contributed by atoms with Crippen molar-refractivity contribution in [2.24, 2.45) is 0 Å². The van der Waals surface area contributed by atoms with E-state index in [0.717, 1.165) is 21.3 Å². The van der Waals surface area contributed by atoms with Gasteiger partial charge in [-0.25, -0.2) is 0 Å². The molecule has 0 N–H and O–H groups in total. The van der Waals surface area contributed by atoms with Crippen molar-refractivity contribution < 1.29 is 61.0 Å². The van der Waals surface area contributed by atoms with Crippen molar-refractivity contribution in [3.8, 4) is 0 Å². The second-order valence-corrected chi connectivity index (χ2v) is 17.2. The molecule has 0 aliphatic carbocycles. The van der Waals surface area contributed by atoms with Crippen LogP contribution in [0.2, 0.25) is 26.2 Å². The van der Waals surface area contributed by atoms with Gasteiger partial charge in [-0.2, -0.15) is 39.5 Å². The highest BCUT2D eigenvalue weighted by Crippen LogP contribution is 2.56. The van der Waals surface area contributed by atoms with Crippen molar-refractivity contribution >= 4 is 25.9 Å². The second-order valence-electron chi connectivity index (χ2n) is 6.60. The average molecular weight is 489 g/mol. The van der Waals surface area contributed by atoms with Crippen LogP contribution in [0.5, 0.6) is 0 Å². The molecular formula is C11H21F9O5Si3. The van der Waals surface area contributed by atoms with Gasteiger partial charge in [-0.05, 0) is 26.2 Å². The minimum atomic E-state index is -7.08. The molecule has 5 nitrogen and oxygen atoms in total. The van der Waals surface area contributed by atoms with Crippen molar-refractivity contribution in [2.75, 3.05) is 21.3 Å². The molecule has 0 saturated heterocycles. The van der Waals surface area contributed by atoms with Gasteiger partial charge in [0.2, 0.25) is 0 Å². The molecule has 170 valence electrons. The molecule has 0 heterocycles. The predicted molar refractivity (Wildman–Crippen MR) is 84.8 cm³/mol. The zero-order valence-corrected chi connectivity index (χ0v) is 18.9. The Hall–Kier alpha value is -0.179. The quantitative estimate of drug-likeness (QED) is 0.339. The molecule has 0 aliphatic heterocycles. The molecule has 0 aliphatic rings. The summed E-state index contributed by atoms with van der Waals surface area (Å²) in [5, 5.41) is 0. The Morgan fingerprint density at radius 3 is 1.18 bits per heavy atom. The minimum absolute atomic E-state index is 0.227. The lowest BCUT2D eigenvalue weighted by Gasteiger charge is -2.45. The van der Waals surface area contributed by atoms with Crippen molar-refractivity contribution in [1.29, 1.82) is 0 Å². The topological polar surface area (TPSA) is 46.2 Å². The van der Waals surface area contributed by atoms with Gasteiger partial charge in [0.25, 0.3) is 0 Å². The average Bonchev–Trinajstić information content (AvgIpc) is 2.49. The predicted octanol–water partition coefficient (Wildman–Crippen LogP) is 4.31. The third-order valence-corrected chi connectivity index (χ3v) is 12.8. The van der Waals surface area contributed by atoms with Gasteiger partial charge in [-0.15, -0.1) is 0 Å². The summed E-state index contributed by atoms with van der Waals surface area (Å²) in [5.74, 6) is -14.0. The second kappa shape index (κ2) is 8.16. The summed E-state index contributed by atoms with van der Waals surface area (Å²) in [6.07, 6.45) is -6.97. The normalized spacial score (nSPS) is 17.6. The van der Waals surface area contributed by atoms with E-state index < -0.39 is 49.5 Å². The summed E-state index contributed by atoms with van der Waals surface area (Å²) in [7, 11) is -11.4. The van der Waals surface area contributed by atoms with Crippen LogP contribution in [0.15, 0.2) is 0 Å². The van der Waals surface area contributed by atoms with Crippen LogP contribution in [0.1, 0.15) is 0 Å². The van der Waals surface area contributed by atoms with Gasteiger partial charge in [-0.1, -0.05) is 0 Å². The highest BCUT2D eigenvalue weighted by atomic mass is 28.5. The van der Waals surface area contributed by atoms with Gasteiger partial charge in [0.05, 0.1) is 0 Å². The summed E-state index contributed by atoms with van der Waals surface area (Å²) >= 11 is 0. The number of alkyl halides is 9. The Morgan fingerprint density at radius 1 is 0.571 bits per heavy atom. The van der Waals surface area contributed by atoms with E-state index in [9.17, 15) is 39.5 Å². The summed E-state index contributed by atoms with van der Waals surface area (Å²) in [6.45, 7) is 3.87. The molecule has 17 heteroatoms. The van der Waals surface area contributed by atoms with Crippen LogP contribution < -0.4 is 0 Å². The van der Waals surface area contributed by atoms with Crippen LogP contribution in [-0.4, -0.2) is 70.8 Å². The molecule has 0 spiro atoms. The van der Waals surface area contributed by atoms with Crippen molar-refractivity contribution in [2.45, 2.75) is 49.8 Å². The number of hydrogen-bond donors (Lipinski definition) is 0. The Kier molecular flexibility index (Phi) is 8.10. The van der Waals surface area contributed by atoms with E-state index in [1.54, 1.807) is 0 Å². The lowest BCUT2D eigenvalue weighted by atomic mass is 10.1. The molecule has 1 atom stereocenters. The Balaban J connectivity index is 6.64. The molecular weight excluding hydrogens is 467 g/mol. The molecule has 0 amide bonds. The molecule has 0 rings (SSSR count). The first-order chi connectivity index (χ1) is 12.1. The highest BCUT2D eigenvalue weighted by molar-refractivity contribution is 6.86. The van der Waals surface area contributed by atoms with Crippen LogP contribution in [0.25, 0.3) is 0 Å². The van der Waals surface area contributed by atoms with E-state index in [1.165, 1.54) is 19.6 Å². The fourth-order valence-corrected chi connectivity index (χ4v) is 12.4. The summed E-state index contributed by atoms with van der Waals surface area (Å²) < 4.78 is 145. The smallest absolute Gasteiger partial charge is 0.433 e. The molecule has 0 bridgehead atoms. The Morgan fingerprint density at radius 2 is 0.929 bits per heavy atom. The maximum Gasteiger partial charge on any atom is 0.669 e. The van der Waals surface area contributed by atoms with Crippen LogP contribution in [0.3, 0.4) is 0 Å². The van der Waals surface area contributed by atoms with Crippen LogP contribution in [0.4, 0.5) is 39.5 Å². The lowest BCUT2D eigenvalue weighted by molar-refractivity contribution is -0.386. The number of rotatable bonds is 10. The highest BCUT2D eigenvalue weighted by Gasteiger charge is 2.88. The lowest BCUT2D eigenvalue weighted by Crippen LogP contribution is -2.75. The molecule has 0 aromatic heterocycles. The third-order valence-electron chi connectivity index (χ3n) is 3.29. The molecule has 0 saturated carbocycles. The van der Waals surface area contributed by atoms with Gasteiger partial charge < -0.3 is 21.5 Å². The van der Waals surface area contributed by atoms with Crippen LogP contribution in [0, 0.1) is 0 Å². The molecule has 0 radical (unpaired) electrons. The van der Waals surface area contributed by atoms with E-state index in [4.69, 9.17) is 8.23 Å². The maximum atomic E-state index is 14.7. The summed E-state index contributed by atoms with van der Waals surface area (Å²) in [4.78, 5) is 0. The standard InChI is InChI=1S/C11H21F9O5Si3/c1-21-28(22-2,23-3)25-27(7,24-26(4,5)6)11(19,20)9(14,15)8(12,13)10(16,17)18/h1-7H3. The zero-order valence-electron chi connectivity index (χ0n) is 15.9. The maximum absolute atomic E-state index is 14.7. The molecule has 0 aromatic carbocycles. The molecule has 0 fully saturated rings. The van der Waals surface area contributed by atoms with Gasteiger partial charge >= 0.3 is 41.2 Å². The van der Waals surface area contributed by atoms with E-state index >= 15 is 0 Å². The summed E-state index contributed by atoms with van der Waals surface area (Å²) in [6, 6.07) is 0. The fraction of sp³-hybridized carbons (Fsp3) is 1.00. The van der Waals surface area contributed by atoms with Crippen LogP contribution >= 0.6 is 0 Å². The zero-order chi connectivity index (χ0) is 23.0. The van der Waals surface area contributed by atoms with Crippen molar-refractivity contribution in [1.82, 2.24) is 0 Å². The number of hydrogen-bond acceptors (Lipinski definition) is 5. The van der Waals surface area contributed by atoms with Gasteiger partial charge in [0, 0.05) is 21.3 Å². The van der Waals surface area contributed by atoms with Crippen LogP contribution in [-0.2, 0) is 21.5 Å². The fourth-order valence-electron chi connectivity index (χ4n) is 2.01. The first-order valence-corrected chi connectivity index (χ1v) is 14.7. The third kappa shape index (κ3) is 4.93. The SMILES string of the molecule is CO[Si](OC)(OC)O[Si](C)(O[Si](C)(C)C)C(F)(F)C(F)(F)C(F)(F)C(F)(F)F. The Bertz CT molecular complexity index is 529. The molecule has 0 aromatic rings. The minimum Gasteiger partial charge on any atom is -0.433 e. The van der Waals surface area contributed by atoms with E-state index in [-0.39, 0.29) is 6.55 Å². The molecule has 28 heavy (non-hydrogen) atoms. The van der Waals surface area contributed by atoms with Crippen molar-refractivity contribution in [3.63, 3.8) is 0 Å². The van der Waals surface area contributed by atoms with Gasteiger partial charge in [0.1, 0.15) is 0 Å². The van der Waals surface area contributed by atoms with E-state index in [1.807, 2.05) is 0 Å². The largest absolute Gasteiger partial charge is 0.669 e. The van der Waals surface area contributed by atoms with Crippen molar-refractivity contribution in [3.05, 3.63) is 0 Å². The summed E-state index contributed by atoms with van der Waals surface area (Å²) in [5.41, 5.74) is -6.08.